The van der Waals surface area contributed by atoms with Crippen LogP contribution in [0.1, 0.15) is 354 Å². The second-order valence-corrected chi connectivity index (χ2v) is 28.8. The summed E-state index contributed by atoms with van der Waals surface area (Å²) in [6.07, 6.45) is 103. The van der Waals surface area contributed by atoms with E-state index < -0.39 is 26.5 Å². The second-order valence-electron chi connectivity index (χ2n) is 27.4. The van der Waals surface area contributed by atoms with Gasteiger partial charge in [0.2, 0.25) is 0 Å². The molecule has 0 aromatic heterocycles. The van der Waals surface area contributed by atoms with Gasteiger partial charge in [0, 0.05) is 12.8 Å². The number of quaternary nitrogens is 1. The quantitative estimate of drug-likeness (QED) is 0.0195. The molecular weight excluding hydrogens is 1170 g/mol. The van der Waals surface area contributed by atoms with E-state index in [1.165, 1.54) is 218 Å². The largest absolute Gasteiger partial charge is 0.756 e. The number of ether oxygens (including phenoxy) is 2. The Morgan fingerprint density at radius 1 is 0.344 bits per heavy atom. The van der Waals surface area contributed by atoms with Gasteiger partial charge in [-0.2, -0.15) is 0 Å². The molecule has 0 aromatic rings. The molecule has 0 amide bonds. The minimum absolute atomic E-state index is 0.0349. The Labute approximate surface area is 576 Å². The molecule has 0 saturated carbocycles. The zero-order chi connectivity index (χ0) is 67.6. The molecule has 0 N–H and O–H groups in total. The van der Waals surface area contributed by atoms with Crippen molar-refractivity contribution in [3.63, 3.8) is 0 Å². The number of phosphoric acid groups is 1. The summed E-state index contributed by atoms with van der Waals surface area (Å²) in [5.74, 6) is -0.830. The van der Waals surface area contributed by atoms with Crippen molar-refractivity contribution in [2.75, 3.05) is 47.5 Å². The van der Waals surface area contributed by atoms with Gasteiger partial charge < -0.3 is 27.9 Å². The number of hydrogen-bond donors (Lipinski definition) is 0. The van der Waals surface area contributed by atoms with Gasteiger partial charge in [0.1, 0.15) is 19.8 Å². The van der Waals surface area contributed by atoms with Crippen LogP contribution in [-0.4, -0.2) is 70.0 Å². The molecule has 0 aromatic carbocycles. The predicted molar refractivity (Wildman–Crippen MR) is 402 cm³/mol. The summed E-state index contributed by atoms with van der Waals surface area (Å²) in [6, 6.07) is 0. The fourth-order valence-corrected chi connectivity index (χ4v) is 11.9. The molecule has 0 aliphatic heterocycles. The van der Waals surface area contributed by atoms with Crippen molar-refractivity contribution in [3.8, 4) is 0 Å². The zero-order valence-electron chi connectivity index (χ0n) is 61.4. The molecule has 0 radical (unpaired) electrons. The number of nitrogens with zero attached hydrogens (tertiary/aromatic N) is 1. The van der Waals surface area contributed by atoms with Gasteiger partial charge in [0.25, 0.3) is 7.82 Å². The van der Waals surface area contributed by atoms with Gasteiger partial charge in [0.15, 0.2) is 6.10 Å². The summed E-state index contributed by atoms with van der Waals surface area (Å²) in [5, 5.41) is 0. The Bertz CT molecular complexity index is 1940. The monoisotopic (exact) mass is 1320 g/mol. The fourth-order valence-electron chi connectivity index (χ4n) is 11.1. The van der Waals surface area contributed by atoms with Gasteiger partial charge in [0.05, 0.1) is 27.7 Å². The van der Waals surface area contributed by atoms with E-state index >= 15 is 0 Å². The van der Waals surface area contributed by atoms with Gasteiger partial charge in [-0.3, -0.25) is 14.2 Å². The number of esters is 2. The number of carbonyl (C=O) groups excluding carboxylic acids is 2. The van der Waals surface area contributed by atoms with Crippen LogP contribution in [0.2, 0.25) is 0 Å². The first-order valence-electron chi connectivity index (χ1n) is 39.1. The number of rotatable bonds is 72. The van der Waals surface area contributed by atoms with Crippen LogP contribution in [0.25, 0.3) is 0 Å². The van der Waals surface area contributed by atoms with Crippen LogP contribution < -0.4 is 4.89 Å². The van der Waals surface area contributed by atoms with Crippen molar-refractivity contribution < 1.29 is 42.1 Å². The Balaban J connectivity index is 4.02. The highest BCUT2D eigenvalue weighted by Gasteiger charge is 2.22. The van der Waals surface area contributed by atoms with E-state index in [1.54, 1.807) is 0 Å². The normalized spacial score (nSPS) is 13.7. The van der Waals surface area contributed by atoms with Crippen molar-refractivity contribution in [1.29, 1.82) is 0 Å². The average Bonchev–Trinajstić information content (AvgIpc) is 2.27. The van der Waals surface area contributed by atoms with Crippen LogP contribution >= 0.6 is 7.82 Å². The molecule has 0 rings (SSSR count). The lowest BCUT2D eigenvalue weighted by atomic mass is 10.0. The number of hydrogen-bond acceptors (Lipinski definition) is 8. The van der Waals surface area contributed by atoms with Crippen molar-refractivity contribution in [1.82, 2.24) is 0 Å². The van der Waals surface area contributed by atoms with E-state index in [4.69, 9.17) is 18.5 Å². The van der Waals surface area contributed by atoms with Gasteiger partial charge in [-0.25, -0.2) is 0 Å². The van der Waals surface area contributed by atoms with E-state index in [0.717, 1.165) is 103 Å². The summed E-state index contributed by atoms with van der Waals surface area (Å²) in [6.45, 7) is 4.16. The highest BCUT2D eigenvalue weighted by atomic mass is 31.2. The van der Waals surface area contributed by atoms with E-state index in [0.29, 0.717) is 17.4 Å². The molecule has 538 valence electrons. The maximum absolute atomic E-state index is 12.9. The Hall–Kier alpha value is -3.33. The molecule has 2 atom stereocenters. The molecule has 0 aliphatic rings. The highest BCUT2D eigenvalue weighted by Crippen LogP contribution is 2.38. The minimum atomic E-state index is -4.65. The molecule has 0 aliphatic carbocycles. The Kier molecular flexibility index (Phi) is 70.3. The van der Waals surface area contributed by atoms with Crippen LogP contribution in [0.15, 0.2) is 109 Å². The number of unbranched alkanes of at least 4 members (excludes halogenated alkanes) is 40. The minimum Gasteiger partial charge on any atom is -0.756 e. The zero-order valence-corrected chi connectivity index (χ0v) is 62.3. The molecular formula is C83H148NO8P. The second kappa shape index (κ2) is 72.9. The maximum atomic E-state index is 12.9. The lowest BCUT2D eigenvalue weighted by Crippen LogP contribution is -2.37. The number of likely N-dealkylation sites (N-methyl/N-ethyl adjacent to an activating group) is 1. The summed E-state index contributed by atoms with van der Waals surface area (Å²) < 4.78 is 34.4. The summed E-state index contributed by atoms with van der Waals surface area (Å²) in [7, 11) is 1.16. The van der Waals surface area contributed by atoms with Gasteiger partial charge in [-0.1, -0.05) is 367 Å². The summed E-state index contributed by atoms with van der Waals surface area (Å²) in [4.78, 5) is 38.2. The van der Waals surface area contributed by atoms with Gasteiger partial charge in [-0.05, 0) is 83.5 Å². The molecule has 0 bridgehead atoms. The number of carbonyl (C=O) groups is 2. The summed E-state index contributed by atoms with van der Waals surface area (Å²) in [5.41, 5.74) is 0. The molecule has 0 saturated heterocycles. The van der Waals surface area contributed by atoms with Crippen LogP contribution in [0.3, 0.4) is 0 Å². The van der Waals surface area contributed by atoms with E-state index in [-0.39, 0.29) is 32.0 Å². The molecule has 2 unspecified atom stereocenters. The molecule has 0 heterocycles. The van der Waals surface area contributed by atoms with Crippen LogP contribution in [0.5, 0.6) is 0 Å². The lowest BCUT2D eigenvalue weighted by molar-refractivity contribution is -0.870. The Morgan fingerprint density at radius 3 is 0.914 bits per heavy atom. The highest BCUT2D eigenvalue weighted by molar-refractivity contribution is 7.45. The SMILES string of the molecule is CC/C=C\C/C=C\C/C=C\C/C=C\C/C=C\C/C=C\C/C=C\C/C=C\C/C=C\CCCCCCCCCCCC(=O)OC(COC(=O)CCCCCCCCCCCCCCCCCCCCCCCCCCCCCCCCCC)COP(=O)([O-])OCC[N+](C)(C)C. The first kappa shape index (κ1) is 89.7. The number of allylic oxidation sites excluding steroid dienone is 18. The first-order valence-corrected chi connectivity index (χ1v) is 40.6. The Morgan fingerprint density at radius 2 is 0.613 bits per heavy atom. The average molecular weight is 1320 g/mol. The first-order chi connectivity index (χ1) is 45.5. The summed E-state index contributed by atoms with van der Waals surface area (Å²) >= 11 is 0. The third-order valence-electron chi connectivity index (χ3n) is 17.1. The van der Waals surface area contributed by atoms with Gasteiger partial charge in [-0.15, -0.1) is 0 Å². The van der Waals surface area contributed by atoms with Crippen molar-refractivity contribution in [3.05, 3.63) is 109 Å². The van der Waals surface area contributed by atoms with Crippen LogP contribution in [0.4, 0.5) is 0 Å². The van der Waals surface area contributed by atoms with E-state index in [9.17, 15) is 19.0 Å². The fraction of sp³-hybridized carbons (Fsp3) is 0.759. The molecule has 10 heteroatoms. The molecule has 0 fully saturated rings. The van der Waals surface area contributed by atoms with Crippen molar-refractivity contribution >= 4 is 19.8 Å². The standard InChI is InChI=1S/C83H148NO8P/c1-6-8-10-12-14-16-18-20-22-24-26-28-30-32-34-36-38-40-41-42-43-44-46-48-50-52-54-56-58-60-62-64-66-68-70-72-74-76-83(86)92-81(80-91-93(87,88)90-78-77-84(3,4)5)79-89-82(85)75-73-71-69-67-65-63-61-59-57-55-53-51-49-47-45-39-37-35-33-31-29-27-25-23-21-19-17-15-13-11-9-7-2/h8,10,14,16,20,22,26,28,32,34,38,40,42-43,46,48,52,54,81H,6-7,9,11-13,15,17-19,21,23-25,27,29-31,33,35-37,39,41,44-45,47,49-51,53,55-80H2,1-5H3/b10-8-,16-14-,22-20-,28-26-,34-32-,40-38-,43-42-,48-46-,54-52-. The predicted octanol–water partition coefficient (Wildman–Crippen LogP) is 25.4. The van der Waals surface area contributed by atoms with Crippen molar-refractivity contribution in [2.24, 2.45) is 0 Å². The third kappa shape index (κ3) is 77.6. The number of phosphoric ester groups is 1. The van der Waals surface area contributed by atoms with E-state index in [2.05, 4.69) is 123 Å². The molecule has 0 spiro atoms. The smallest absolute Gasteiger partial charge is 0.306 e. The third-order valence-corrected chi connectivity index (χ3v) is 18.0. The topological polar surface area (TPSA) is 111 Å². The van der Waals surface area contributed by atoms with Crippen molar-refractivity contribution in [2.45, 2.75) is 360 Å². The van der Waals surface area contributed by atoms with Crippen LogP contribution in [-0.2, 0) is 32.7 Å². The molecule has 9 nitrogen and oxygen atoms in total. The van der Waals surface area contributed by atoms with Crippen LogP contribution in [0, 0.1) is 0 Å². The molecule has 93 heavy (non-hydrogen) atoms. The van der Waals surface area contributed by atoms with Gasteiger partial charge >= 0.3 is 11.9 Å². The van der Waals surface area contributed by atoms with E-state index in [1.807, 2.05) is 21.1 Å². The lowest BCUT2D eigenvalue weighted by Gasteiger charge is -2.28. The maximum Gasteiger partial charge on any atom is 0.306 e.